The molecular weight excluding hydrogens is 383 g/mol. The molecule has 0 N–H and O–H groups in total. The number of carbonyl (C=O) groups excluding carboxylic acids is 1. The largest absolute Gasteiger partial charge is 0.461 e. The Morgan fingerprint density at radius 3 is 2.67 bits per heavy atom. The number of alkyl halides is 3. The predicted octanol–water partition coefficient (Wildman–Crippen LogP) is 4.78. The molecule has 0 unspecified atom stereocenters. The molecule has 2 heterocycles. The summed E-state index contributed by atoms with van der Waals surface area (Å²) in [5.41, 5.74) is 0.0398. The third kappa shape index (κ3) is 3.95. The van der Waals surface area contributed by atoms with Crippen molar-refractivity contribution in [2.24, 2.45) is 0 Å². The van der Waals surface area contributed by atoms with Crippen LogP contribution in [0.3, 0.4) is 0 Å². The van der Waals surface area contributed by atoms with Gasteiger partial charge in [-0.2, -0.15) is 18.3 Å². The van der Waals surface area contributed by atoms with E-state index in [0.29, 0.717) is 11.3 Å². The van der Waals surface area contributed by atoms with Crippen molar-refractivity contribution in [2.45, 2.75) is 13.1 Å². The molecule has 3 aromatic rings. The van der Waals surface area contributed by atoms with E-state index in [0.717, 1.165) is 12.1 Å². The normalized spacial score (nSPS) is 11.4. The first-order chi connectivity index (χ1) is 12.8. The number of benzene rings is 1. The molecule has 0 amide bonds. The maximum absolute atomic E-state index is 13.2. The third-order valence-electron chi connectivity index (χ3n) is 3.65. The standard InChI is InChI=1S/C18H13ClF3N3O2/c1-2-27-17(26)15-9-16(11-4-3-7-23-10-11)25(24-15)12-5-6-14(19)13(8-12)18(20,21)22/h3-10H,2H2,1H3. The number of rotatable bonds is 4. The molecule has 9 heteroatoms. The number of aromatic nitrogens is 3. The minimum atomic E-state index is -4.63. The van der Waals surface area contributed by atoms with E-state index >= 15 is 0 Å². The first-order valence-corrected chi connectivity index (χ1v) is 8.23. The van der Waals surface area contributed by atoms with E-state index < -0.39 is 22.7 Å². The Morgan fingerprint density at radius 2 is 2.04 bits per heavy atom. The van der Waals surface area contributed by atoms with Gasteiger partial charge < -0.3 is 4.74 Å². The molecule has 0 aliphatic rings. The fourth-order valence-electron chi connectivity index (χ4n) is 2.46. The Balaban J connectivity index is 2.18. The van der Waals surface area contributed by atoms with Crippen LogP contribution in [0.15, 0.2) is 48.8 Å². The highest BCUT2D eigenvalue weighted by Crippen LogP contribution is 2.36. The molecule has 0 aliphatic carbocycles. The second-order valence-corrected chi connectivity index (χ2v) is 5.86. The fraction of sp³-hybridized carbons (Fsp3) is 0.167. The summed E-state index contributed by atoms with van der Waals surface area (Å²) >= 11 is 5.69. The van der Waals surface area contributed by atoms with Crippen LogP contribution in [0.5, 0.6) is 0 Å². The Bertz CT molecular complexity index is 972. The van der Waals surface area contributed by atoms with Crippen LogP contribution >= 0.6 is 11.6 Å². The highest BCUT2D eigenvalue weighted by molar-refractivity contribution is 6.31. The van der Waals surface area contributed by atoms with Gasteiger partial charge in [-0.1, -0.05) is 11.6 Å². The van der Waals surface area contributed by atoms with Crippen LogP contribution in [0.4, 0.5) is 13.2 Å². The van der Waals surface area contributed by atoms with E-state index in [-0.39, 0.29) is 18.0 Å². The van der Waals surface area contributed by atoms with Gasteiger partial charge in [-0.15, -0.1) is 0 Å². The van der Waals surface area contributed by atoms with Crippen molar-refractivity contribution < 1.29 is 22.7 Å². The Labute approximate surface area is 157 Å². The summed E-state index contributed by atoms with van der Waals surface area (Å²) in [4.78, 5) is 16.0. The summed E-state index contributed by atoms with van der Waals surface area (Å²) < 4.78 is 45.8. The van der Waals surface area contributed by atoms with Gasteiger partial charge in [0.15, 0.2) is 5.69 Å². The third-order valence-corrected chi connectivity index (χ3v) is 3.98. The molecule has 0 aliphatic heterocycles. The number of carbonyl (C=O) groups is 1. The predicted molar refractivity (Wildman–Crippen MR) is 92.8 cm³/mol. The summed E-state index contributed by atoms with van der Waals surface area (Å²) in [5, 5.41) is 3.71. The maximum atomic E-state index is 13.2. The lowest BCUT2D eigenvalue weighted by Crippen LogP contribution is -2.09. The first-order valence-electron chi connectivity index (χ1n) is 7.86. The van der Waals surface area contributed by atoms with Gasteiger partial charge in [0.25, 0.3) is 0 Å². The topological polar surface area (TPSA) is 57.0 Å². The van der Waals surface area contributed by atoms with Crippen molar-refractivity contribution in [2.75, 3.05) is 6.61 Å². The van der Waals surface area contributed by atoms with Crippen molar-refractivity contribution >= 4 is 17.6 Å². The van der Waals surface area contributed by atoms with Crippen LogP contribution in [-0.2, 0) is 10.9 Å². The molecular formula is C18H13ClF3N3O2. The quantitative estimate of drug-likeness (QED) is 0.596. The summed E-state index contributed by atoms with van der Waals surface area (Å²) in [5.74, 6) is -0.675. The summed E-state index contributed by atoms with van der Waals surface area (Å²) in [6, 6.07) is 8.22. The van der Waals surface area contributed by atoms with Crippen LogP contribution in [0.2, 0.25) is 5.02 Å². The minimum Gasteiger partial charge on any atom is -0.461 e. The van der Waals surface area contributed by atoms with Gasteiger partial charge in [-0.25, -0.2) is 9.48 Å². The number of hydrogen-bond acceptors (Lipinski definition) is 4. The lowest BCUT2D eigenvalue weighted by atomic mass is 10.1. The zero-order valence-corrected chi connectivity index (χ0v) is 14.8. The SMILES string of the molecule is CCOC(=O)c1cc(-c2cccnc2)n(-c2ccc(Cl)c(C(F)(F)F)c2)n1. The molecule has 0 saturated heterocycles. The van der Waals surface area contributed by atoms with Gasteiger partial charge in [-0.3, -0.25) is 4.98 Å². The molecule has 140 valence electrons. The van der Waals surface area contributed by atoms with Gasteiger partial charge in [0.1, 0.15) is 0 Å². The number of pyridine rings is 1. The molecule has 1 aromatic carbocycles. The van der Waals surface area contributed by atoms with Gasteiger partial charge in [0.05, 0.1) is 28.6 Å². The number of ether oxygens (including phenoxy) is 1. The smallest absolute Gasteiger partial charge is 0.417 e. The van der Waals surface area contributed by atoms with Crippen LogP contribution in [0.25, 0.3) is 16.9 Å². The van der Waals surface area contributed by atoms with Crippen LogP contribution in [-0.4, -0.2) is 27.3 Å². The zero-order valence-electron chi connectivity index (χ0n) is 14.0. The van der Waals surface area contributed by atoms with Crippen molar-refractivity contribution in [1.29, 1.82) is 0 Å². The highest BCUT2D eigenvalue weighted by Gasteiger charge is 2.33. The molecule has 0 radical (unpaired) electrons. The summed E-state index contributed by atoms with van der Waals surface area (Å²) in [6.07, 6.45) is -1.55. The van der Waals surface area contributed by atoms with Gasteiger partial charge in [0, 0.05) is 18.0 Å². The summed E-state index contributed by atoms with van der Waals surface area (Å²) in [7, 11) is 0. The van der Waals surface area contributed by atoms with Crippen LogP contribution < -0.4 is 0 Å². The van der Waals surface area contributed by atoms with Gasteiger partial charge in [0.2, 0.25) is 0 Å². The van der Waals surface area contributed by atoms with E-state index in [1.165, 1.54) is 23.0 Å². The molecule has 2 aromatic heterocycles. The van der Waals surface area contributed by atoms with E-state index in [2.05, 4.69) is 10.1 Å². The van der Waals surface area contributed by atoms with Crippen LogP contribution in [0.1, 0.15) is 23.0 Å². The average Bonchev–Trinajstić information content (AvgIpc) is 3.07. The van der Waals surface area contributed by atoms with E-state index in [9.17, 15) is 18.0 Å². The molecule has 3 rings (SSSR count). The Hall–Kier alpha value is -2.87. The maximum Gasteiger partial charge on any atom is 0.417 e. The van der Waals surface area contributed by atoms with Crippen molar-refractivity contribution in [1.82, 2.24) is 14.8 Å². The number of nitrogens with zero attached hydrogens (tertiary/aromatic N) is 3. The lowest BCUT2D eigenvalue weighted by Gasteiger charge is -2.12. The van der Waals surface area contributed by atoms with Crippen molar-refractivity contribution in [3.8, 4) is 16.9 Å². The van der Waals surface area contributed by atoms with Gasteiger partial charge >= 0.3 is 12.1 Å². The molecule has 0 atom stereocenters. The number of hydrogen-bond donors (Lipinski definition) is 0. The van der Waals surface area contributed by atoms with E-state index in [4.69, 9.17) is 16.3 Å². The second-order valence-electron chi connectivity index (χ2n) is 5.45. The zero-order chi connectivity index (χ0) is 19.6. The Morgan fingerprint density at radius 1 is 1.26 bits per heavy atom. The lowest BCUT2D eigenvalue weighted by molar-refractivity contribution is -0.137. The van der Waals surface area contributed by atoms with E-state index in [1.807, 2.05) is 0 Å². The van der Waals surface area contributed by atoms with Gasteiger partial charge in [-0.05, 0) is 43.3 Å². The molecule has 0 fully saturated rings. The molecule has 0 spiro atoms. The minimum absolute atomic E-state index is 0.0285. The van der Waals surface area contributed by atoms with Crippen molar-refractivity contribution in [3.63, 3.8) is 0 Å². The molecule has 0 bridgehead atoms. The number of halogens is 4. The molecule has 5 nitrogen and oxygen atoms in total. The second kappa shape index (κ2) is 7.40. The highest BCUT2D eigenvalue weighted by atomic mass is 35.5. The van der Waals surface area contributed by atoms with Crippen molar-refractivity contribution in [3.05, 3.63) is 65.1 Å². The average molecular weight is 396 g/mol. The monoisotopic (exact) mass is 395 g/mol. The fourth-order valence-corrected chi connectivity index (χ4v) is 2.69. The molecule has 0 saturated carbocycles. The number of esters is 1. The summed E-state index contributed by atoms with van der Waals surface area (Å²) in [6.45, 7) is 1.79. The first kappa shape index (κ1) is 18.9. The Kier molecular flexibility index (Phi) is 5.18. The molecule has 27 heavy (non-hydrogen) atoms. The van der Waals surface area contributed by atoms with E-state index in [1.54, 1.807) is 25.3 Å². The van der Waals surface area contributed by atoms with Crippen LogP contribution in [0, 0.1) is 0 Å².